The monoisotopic (exact) mass is 393 g/mol. The van der Waals surface area contributed by atoms with Crippen molar-refractivity contribution < 1.29 is 19.0 Å². The number of nitrogens with zero attached hydrogens (tertiary/aromatic N) is 2. The highest BCUT2D eigenvalue weighted by molar-refractivity contribution is 5.89. The summed E-state index contributed by atoms with van der Waals surface area (Å²) in [6, 6.07) is 14.1. The number of likely N-dealkylation sites (tertiary alicyclic amines) is 1. The third kappa shape index (κ3) is 4.28. The van der Waals surface area contributed by atoms with Gasteiger partial charge in [-0.25, -0.2) is 4.79 Å². The number of urea groups is 1. The van der Waals surface area contributed by atoms with Gasteiger partial charge in [-0.05, 0) is 54.7 Å². The Morgan fingerprint density at radius 1 is 1.17 bits per heavy atom. The molecule has 1 N–H and O–H groups in total. The van der Waals surface area contributed by atoms with Gasteiger partial charge in [0.15, 0.2) is 11.5 Å². The molecule has 2 saturated heterocycles. The summed E-state index contributed by atoms with van der Waals surface area (Å²) in [5.74, 6) is 2.76. The number of hydrogen-bond acceptors (Lipinski definition) is 5. The van der Waals surface area contributed by atoms with Crippen molar-refractivity contribution in [2.24, 2.45) is 11.8 Å². The molecule has 0 spiro atoms. The molecule has 2 heterocycles. The van der Waals surface area contributed by atoms with Gasteiger partial charge in [0.05, 0.1) is 18.7 Å². The first kappa shape index (κ1) is 19.1. The van der Waals surface area contributed by atoms with Crippen molar-refractivity contribution in [1.29, 1.82) is 5.26 Å². The predicted molar refractivity (Wildman–Crippen MR) is 107 cm³/mol. The topological polar surface area (TPSA) is 83.8 Å². The van der Waals surface area contributed by atoms with Crippen LogP contribution in [0.15, 0.2) is 42.5 Å². The minimum Gasteiger partial charge on any atom is -0.493 e. The summed E-state index contributed by atoms with van der Waals surface area (Å²) in [7, 11) is 1.53. The van der Waals surface area contributed by atoms with Gasteiger partial charge in [0.2, 0.25) is 0 Å². The fourth-order valence-corrected chi connectivity index (χ4v) is 3.66. The molecule has 1 unspecified atom stereocenters. The smallest absolute Gasteiger partial charge is 0.321 e. The Kier molecular flexibility index (Phi) is 5.54. The Bertz CT molecular complexity index is 911. The molecule has 29 heavy (non-hydrogen) atoms. The summed E-state index contributed by atoms with van der Waals surface area (Å²) in [5, 5.41) is 11.9. The van der Waals surface area contributed by atoms with E-state index >= 15 is 0 Å². The molecule has 0 bridgehead atoms. The number of ether oxygens (including phenoxy) is 3. The Morgan fingerprint density at radius 2 is 1.97 bits per heavy atom. The van der Waals surface area contributed by atoms with Gasteiger partial charge in [-0.15, -0.1) is 0 Å². The van der Waals surface area contributed by atoms with Crippen LogP contribution in [0.3, 0.4) is 0 Å². The lowest BCUT2D eigenvalue weighted by Gasteiger charge is -2.41. The summed E-state index contributed by atoms with van der Waals surface area (Å²) < 4.78 is 16.6. The van der Waals surface area contributed by atoms with E-state index in [4.69, 9.17) is 19.5 Å². The van der Waals surface area contributed by atoms with Crippen molar-refractivity contribution >= 4 is 11.7 Å². The van der Waals surface area contributed by atoms with E-state index in [-0.39, 0.29) is 6.03 Å². The van der Waals surface area contributed by atoms with Crippen LogP contribution in [-0.4, -0.2) is 44.3 Å². The number of rotatable bonds is 5. The van der Waals surface area contributed by atoms with Crippen LogP contribution in [0.1, 0.15) is 12.0 Å². The third-order valence-electron chi connectivity index (χ3n) is 5.45. The van der Waals surface area contributed by atoms with Gasteiger partial charge in [0, 0.05) is 38.1 Å². The Labute approximate surface area is 169 Å². The van der Waals surface area contributed by atoms with Crippen molar-refractivity contribution in [3.63, 3.8) is 0 Å². The molecule has 0 aromatic heterocycles. The van der Waals surface area contributed by atoms with E-state index < -0.39 is 0 Å². The van der Waals surface area contributed by atoms with Crippen molar-refractivity contribution in [3.8, 4) is 23.3 Å². The van der Waals surface area contributed by atoms with Crippen LogP contribution in [0.4, 0.5) is 10.5 Å². The molecule has 150 valence electrons. The zero-order valence-corrected chi connectivity index (χ0v) is 16.3. The number of nitrogens with one attached hydrogen (secondary N) is 1. The average molecular weight is 393 g/mol. The molecular weight excluding hydrogens is 370 g/mol. The largest absolute Gasteiger partial charge is 0.493 e. The maximum absolute atomic E-state index is 12.4. The second-order valence-corrected chi connectivity index (χ2v) is 7.32. The van der Waals surface area contributed by atoms with E-state index in [1.165, 1.54) is 7.11 Å². The molecule has 2 fully saturated rings. The van der Waals surface area contributed by atoms with Crippen molar-refractivity contribution in [1.82, 2.24) is 4.90 Å². The van der Waals surface area contributed by atoms with Gasteiger partial charge in [-0.2, -0.15) is 5.26 Å². The van der Waals surface area contributed by atoms with Gasteiger partial charge in [0.25, 0.3) is 0 Å². The fraction of sp³-hybridized carbons (Fsp3) is 0.364. The minimum absolute atomic E-state index is 0.0809. The molecule has 2 aliphatic rings. The highest BCUT2D eigenvalue weighted by Gasteiger charge is 2.37. The Balaban J connectivity index is 1.31. The van der Waals surface area contributed by atoms with Crippen molar-refractivity contribution in [2.75, 3.05) is 38.7 Å². The van der Waals surface area contributed by atoms with E-state index in [0.717, 1.165) is 32.7 Å². The van der Waals surface area contributed by atoms with Crippen LogP contribution < -0.4 is 14.8 Å². The number of methoxy groups -OCH3 is 1. The number of nitriles is 1. The van der Waals surface area contributed by atoms with Gasteiger partial charge >= 0.3 is 6.03 Å². The molecule has 2 aliphatic heterocycles. The zero-order valence-electron chi connectivity index (χ0n) is 16.3. The summed E-state index contributed by atoms with van der Waals surface area (Å²) in [4.78, 5) is 14.2. The normalized spacial score (nSPS) is 18.6. The van der Waals surface area contributed by atoms with Crippen LogP contribution in [0.5, 0.6) is 17.2 Å². The molecule has 7 nitrogen and oxygen atoms in total. The minimum atomic E-state index is -0.0809. The summed E-state index contributed by atoms with van der Waals surface area (Å²) in [6.45, 7) is 3.25. The molecule has 0 saturated carbocycles. The summed E-state index contributed by atoms with van der Waals surface area (Å²) >= 11 is 0. The number of carbonyl (C=O) groups is 1. The van der Waals surface area contributed by atoms with Crippen molar-refractivity contribution in [3.05, 3.63) is 48.0 Å². The number of carbonyl (C=O) groups excluding carboxylic acids is 1. The predicted octanol–water partition coefficient (Wildman–Crippen LogP) is 3.86. The first-order valence-corrected chi connectivity index (χ1v) is 9.66. The van der Waals surface area contributed by atoms with Gasteiger partial charge in [-0.1, -0.05) is 0 Å². The maximum atomic E-state index is 12.4. The molecule has 4 rings (SSSR count). The summed E-state index contributed by atoms with van der Waals surface area (Å²) in [5.41, 5.74) is 1.21. The molecule has 2 amide bonds. The van der Waals surface area contributed by atoms with Crippen LogP contribution in [0.2, 0.25) is 0 Å². The molecule has 1 atom stereocenters. The van der Waals surface area contributed by atoms with E-state index in [0.29, 0.717) is 40.3 Å². The Hall–Kier alpha value is -3.24. The quantitative estimate of drug-likeness (QED) is 0.834. The average Bonchev–Trinajstić information content (AvgIpc) is 3.23. The second-order valence-electron chi connectivity index (χ2n) is 7.32. The van der Waals surface area contributed by atoms with Crippen LogP contribution in [0, 0.1) is 23.2 Å². The maximum Gasteiger partial charge on any atom is 0.321 e. The standard InChI is InChI=1S/C22H23N3O4/c1-27-21-10-15(11-23)2-7-20(21)29-19-5-3-18(4-6-19)24-22(26)25-12-17(13-25)16-8-9-28-14-16/h2-7,10,16-17H,8-9,12-14H2,1H3,(H,24,26). The molecule has 2 aromatic carbocycles. The zero-order chi connectivity index (χ0) is 20.2. The molecule has 7 heteroatoms. The lowest BCUT2D eigenvalue weighted by Crippen LogP contribution is -2.54. The van der Waals surface area contributed by atoms with Gasteiger partial charge < -0.3 is 24.4 Å². The number of amides is 2. The van der Waals surface area contributed by atoms with Crippen LogP contribution in [0.25, 0.3) is 0 Å². The molecule has 2 aromatic rings. The third-order valence-corrected chi connectivity index (χ3v) is 5.45. The molecule has 0 radical (unpaired) electrons. The number of anilines is 1. The fourth-order valence-electron chi connectivity index (χ4n) is 3.66. The lowest BCUT2D eigenvalue weighted by molar-refractivity contribution is 0.0806. The van der Waals surface area contributed by atoms with Crippen LogP contribution >= 0.6 is 0 Å². The van der Waals surface area contributed by atoms with Crippen LogP contribution in [-0.2, 0) is 4.74 Å². The molecular formula is C22H23N3O4. The summed E-state index contributed by atoms with van der Waals surface area (Å²) in [6.07, 6.45) is 1.10. The van der Waals surface area contributed by atoms with E-state index in [1.807, 2.05) is 4.90 Å². The first-order valence-electron chi connectivity index (χ1n) is 9.66. The highest BCUT2D eigenvalue weighted by Crippen LogP contribution is 2.33. The number of hydrogen-bond donors (Lipinski definition) is 1. The Morgan fingerprint density at radius 3 is 2.62 bits per heavy atom. The van der Waals surface area contributed by atoms with Gasteiger partial charge in [-0.3, -0.25) is 0 Å². The lowest BCUT2D eigenvalue weighted by atomic mass is 9.85. The van der Waals surface area contributed by atoms with E-state index in [2.05, 4.69) is 11.4 Å². The first-order chi connectivity index (χ1) is 14.2. The molecule has 0 aliphatic carbocycles. The highest BCUT2D eigenvalue weighted by atomic mass is 16.5. The van der Waals surface area contributed by atoms with E-state index in [9.17, 15) is 4.79 Å². The second kappa shape index (κ2) is 8.41. The van der Waals surface area contributed by atoms with E-state index in [1.54, 1.807) is 42.5 Å². The SMILES string of the molecule is COc1cc(C#N)ccc1Oc1ccc(NC(=O)N2CC(C3CCOC3)C2)cc1. The van der Waals surface area contributed by atoms with Crippen molar-refractivity contribution in [2.45, 2.75) is 6.42 Å². The number of benzene rings is 2. The van der Waals surface area contributed by atoms with Gasteiger partial charge in [0.1, 0.15) is 5.75 Å².